The fourth-order valence-electron chi connectivity index (χ4n) is 2.92. The molecular weight excluding hydrogens is 208 g/mol. The molecule has 17 heavy (non-hydrogen) atoms. The molecule has 0 amide bonds. The smallest absolute Gasteiger partial charge is 0.0112 e. The van der Waals surface area contributed by atoms with Crippen molar-refractivity contribution >= 4 is 0 Å². The Morgan fingerprint density at radius 2 is 1.88 bits per heavy atom. The van der Waals surface area contributed by atoms with Gasteiger partial charge in [0.1, 0.15) is 0 Å². The van der Waals surface area contributed by atoms with Gasteiger partial charge in [0.05, 0.1) is 0 Å². The topological polar surface area (TPSA) is 29.3 Å². The fraction of sp³-hybridized carbons (Fsp3) is 1.00. The van der Waals surface area contributed by atoms with Crippen molar-refractivity contribution in [3.63, 3.8) is 0 Å². The van der Waals surface area contributed by atoms with E-state index < -0.39 is 0 Å². The van der Waals surface area contributed by atoms with Crippen molar-refractivity contribution in [1.82, 2.24) is 4.90 Å². The number of nitrogens with zero attached hydrogens (tertiary/aromatic N) is 1. The molecule has 1 fully saturated rings. The van der Waals surface area contributed by atoms with Crippen LogP contribution in [0, 0.1) is 17.3 Å². The van der Waals surface area contributed by atoms with E-state index >= 15 is 0 Å². The van der Waals surface area contributed by atoms with Crippen molar-refractivity contribution in [2.24, 2.45) is 23.0 Å². The van der Waals surface area contributed by atoms with Gasteiger partial charge in [0, 0.05) is 18.6 Å². The minimum atomic E-state index is 0.346. The second kappa shape index (κ2) is 5.71. The first kappa shape index (κ1) is 15.0. The first-order chi connectivity index (χ1) is 7.71. The van der Waals surface area contributed by atoms with E-state index in [0.29, 0.717) is 23.4 Å². The molecule has 2 heteroatoms. The van der Waals surface area contributed by atoms with E-state index in [1.807, 2.05) is 0 Å². The molecule has 0 bridgehead atoms. The average molecular weight is 240 g/mol. The average Bonchev–Trinajstić information content (AvgIpc) is 2.21. The maximum Gasteiger partial charge on any atom is 0.0112 e. The highest BCUT2D eigenvalue weighted by Gasteiger charge is 2.30. The molecule has 0 aromatic carbocycles. The Balaban J connectivity index is 2.52. The molecule has 0 aromatic rings. The second-order valence-corrected chi connectivity index (χ2v) is 7.32. The minimum Gasteiger partial charge on any atom is -0.327 e. The molecule has 4 unspecified atom stereocenters. The van der Waals surface area contributed by atoms with Crippen LogP contribution < -0.4 is 5.73 Å². The Morgan fingerprint density at radius 1 is 1.29 bits per heavy atom. The van der Waals surface area contributed by atoms with Crippen molar-refractivity contribution in [2.45, 2.75) is 66.0 Å². The summed E-state index contributed by atoms with van der Waals surface area (Å²) in [6.45, 7) is 12.8. The first-order valence-corrected chi connectivity index (χ1v) is 7.17. The van der Waals surface area contributed by atoms with Gasteiger partial charge >= 0.3 is 0 Å². The number of rotatable bonds is 3. The number of nitrogens with two attached hydrogens (primary N) is 1. The molecule has 4 atom stereocenters. The van der Waals surface area contributed by atoms with Crippen LogP contribution in [-0.4, -0.2) is 30.6 Å². The second-order valence-electron chi connectivity index (χ2n) is 7.32. The van der Waals surface area contributed by atoms with Gasteiger partial charge in [-0.05, 0) is 50.5 Å². The lowest BCUT2D eigenvalue weighted by Crippen LogP contribution is -2.47. The Hall–Kier alpha value is -0.0800. The summed E-state index contributed by atoms with van der Waals surface area (Å²) >= 11 is 0. The summed E-state index contributed by atoms with van der Waals surface area (Å²) < 4.78 is 0. The molecule has 0 aromatic heterocycles. The van der Waals surface area contributed by atoms with Crippen LogP contribution in [-0.2, 0) is 0 Å². The highest BCUT2D eigenvalue weighted by Crippen LogP contribution is 2.30. The zero-order valence-electron chi connectivity index (χ0n) is 12.7. The van der Waals surface area contributed by atoms with Gasteiger partial charge < -0.3 is 10.6 Å². The Morgan fingerprint density at radius 3 is 2.41 bits per heavy atom. The van der Waals surface area contributed by atoms with Gasteiger partial charge in [0.25, 0.3) is 0 Å². The summed E-state index contributed by atoms with van der Waals surface area (Å²) in [6, 6.07) is 1.02. The van der Waals surface area contributed by atoms with Crippen molar-refractivity contribution in [3.8, 4) is 0 Å². The molecular formula is C15H32N2. The van der Waals surface area contributed by atoms with E-state index in [4.69, 9.17) is 5.73 Å². The largest absolute Gasteiger partial charge is 0.327 e. The zero-order chi connectivity index (χ0) is 13.2. The lowest BCUT2D eigenvalue weighted by Gasteiger charge is -2.40. The van der Waals surface area contributed by atoms with E-state index in [9.17, 15) is 0 Å². The molecule has 1 rings (SSSR count). The molecule has 0 spiro atoms. The van der Waals surface area contributed by atoms with Gasteiger partial charge in [0.2, 0.25) is 0 Å². The minimum absolute atomic E-state index is 0.346. The van der Waals surface area contributed by atoms with E-state index in [0.717, 1.165) is 12.5 Å². The normalized spacial score (nSPS) is 32.8. The van der Waals surface area contributed by atoms with Crippen LogP contribution in [0.1, 0.15) is 53.9 Å². The Kier molecular flexibility index (Phi) is 5.03. The van der Waals surface area contributed by atoms with Gasteiger partial charge in [-0.3, -0.25) is 0 Å². The van der Waals surface area contributed by atoms with Crippen molar-refractivity contribution < 1.29 is 0 Å². The molecule has 0 radical (unpaired) electrons. The monoisotopic (exact) mass is 240 g/mol. The molecule has 0 heterocycles. The Bertz CT molecular complexity index is 232. The van der Waals surface area contributed by atoms with Crippen molar-refractivity contribution in [2.75, 3.05) is 13.6 Å². The summed E-state index contributed by atoms with van der Waals surface area (Å²) in [6.07, 6.45) is 3.84. The van der Waals surface area contributed by atoms with Crippen molar-refractivity contribution in [1.29, 1.82) is 0 Å². The summed E-state index contributed by atoms with van der Waals surface area (Å²) in [5.41, 5.74) is 6.62. The number of hydrogen-bond acceptors (Lipinski definition) is 2. The Labute approximate surface area is 108 Å². The van der Waals surface area contributed by atoms with Gasteiger partial charge in [-0.1, -0.05) is 27.7 Å². The fourth-order valence-corrected chi connectivity index (χ4v) is 2.92. The molecule has 1 aliphatic rings. The quantitative estimate of drug-likeness (QED) is 0.821. The van der Waals surface area contributed by atoms with E-state index in [2.05, 4.69) is 46.6 Å². The summed E-state index contributed by atoms with van der Waals surface area (Å²) in [5.74, 6) is 1.55. The lowest BCUT2D eigenvalue weighted by atomic mass is 9.78. The highest BCUT2D eigenvalue weighted by atomic mass is 15.1. The van der Waals surface area contributed by atoms with Crippen LogP contribution >= 0.6 is 0 Å². The van der Waals surface area contributed by atoms with E-state index in [-0.39, 0.29) is 0 Å². The van der Waals surface area contributed by atoms with Crippen LogP contribution in [0.5, 0.6) is 0 Å². The molecule has 1 saturated carbocycles. The molecule has 1 aliphatic carbocycles. The van der Waals surface area contributed by atoms with Gasteiger partial charge in [-0.25, -0.2) is 0 Å². The summed E-state index contributed by atoms with van der Waals surface area (Å²) in [5, 5.41) is 0. The van der Waals surface area contributed by atoms with E-state index in [1.54, 1.807) is 0 Å². The molecule has 102 valence electrons. The maximum atomic E-state index is 6.27. The van der Waals surface area contributed by atoms with Crippen LogP contribution in [0.25, 0.3) is 0 Å². The lowest BCUT2D eigenvalue weighted by molar-refractivity contribution is 0.0984. The van der Waals surface area contributed by atoms with Crippen LogP contribution in [0.3, 0.4) is 0 Å². The van der Waals surface area contributed by atoms with Crippen LogP contribution in [0.15, 0.2) is 0 Å². The van der Waals surface area contributed by atoms with Gasteiger partial charge in [-0.2, -0.15) is 0 Å². The van der Waals surface area contributed by atoms with Crippen molar-refractivity contribution in [3.05, 3.63) is 0 Å². The molecule has 0 aliphatic heterocycles. The third kappa shape index (κ3) is 4.26. The molecule has 2 N–H and O–H groups in total. The highest BCUT2D eigenvalue weighted by molar-refractivity contribution is 4.85. The SMILES string of the molecule is CC1CCC(N)C(CN(C)C(C)C(C)(C)C)C1. The zero-order valence-corrected chi connectivity index (χ0v) is 12.7. The molecule has 2 nitrogen and oxygen atoms in total. The maximum absolute atomic E-state index is 6.27. The third-order valence-electron chi connectivity index (χ3n) is 4.74. The number of hydrogen-bond donors (Lipinski definition) is 1. The first-order valence-electron chi connectivity index (χ1n) is 7.17. The van der Waals surface area contributed by atoms with E-state index in [1.165, 1.54) is 19.3 Å². The van der Waals surface area contributed by atoms with Crippen LogP contribution in [0.2, 0.25) is 0 Å². The predicted octanol–water partition coefficient (Wildman–Crippen LogP) is 3.12. The third-order valence-corrected chi connectivity index (χ3v) is 4.74. The standard InChI is InChI=1S/C15H32N2/c1-11-7-8-14(16)13(9-11)10-17(6)12(2)15(3,4)5/h11-14H,7-10,16H2,1-6H3. The van der Waals surface area contributed by atoms with Crippen LogP contribution in [0.4, 0.5) is 0 Å². The molecule has 0 saturated heterocycles. The van der Waals surface area contributed by atoms with Gasteiger partial charge in [-0.15, -0.1) is 0 Å². The summed E-state index contributed by atoms with van der Waals surface area (Å²) in [4.78, 5) is 2.50. The summed E-state index contributed by atoms with van der Waals surface area (Å²) in [7, 11) is 2.25. The van der Waals surface area contributed by atoms with Gasteiger partial charge in [0.15, 0.2) is 0 Å². The predicted molar refractivity (Wildman–Crippen MR) is 76.0 cm³/mol.